The van der Waals surface area contributed by atoms with Crippen LogP contribution in [0.1, 0.15) is 22.2 Å². The Bertz CT molecular complexity index is 466. The molecular weight excluding hydrogens is 225 g/mol. The van der Waals surface area contributed by atoms with Crippen LogP contribution in [0.5, 0.6) is 0 Å². The fourth-order valence-electron chi connectivity index (χ4n) is 1.57. The first kappa shape index (κ1) is 11.2. The number of aliphatic hydroxyl groups excluding tert-OH is 1. The molecule has 1 aromatic carbocycles. The molecule has 0 fully saturated rings. The van der Waals surface area contributed by atoms with E-state index in [-0.39, 0.29) is 5.82 Å². The van der Waals surface area contributed by atoms with E-state index >= 15 is 0 Å². The Hall–Kier alpha value is -1.26. The average Bonchev–Trinajstić information content (AvgIpc) is 2.68. The van der Waals surface area contributed by atoms with E-state index in [0.717, 1.165) is 16.1 Å². The summed E-state index contributed by atoms with van der Waals surface area (Å²) in [5.41, 5.74) is 3.50. The number of rotatable bonds is 3. The lowest BCUT2D eigenvalue weighted by Gasteiger charge is -2.09. The van der Waals surface area contributed by atoms with Gasteiger partial charge in [-0.25, -0.2) is 9.37 Å². The molecule has 1 heterocycles. The average molecular weight is 237 g/mol. The van der Waals surface area contributed by atoms with Gasteiger partial charge < -0.3 is 5.11 Å². The fraction of sp³-hybridized carbons (Fsp3) is 0.250. The van der Waals surface area contributed by atoms with Crippen molar-refractivity contribution >= 4 is 11.3 Å². The maximum absolute atomic E-state index is 12.7. The zero-order valence-electron chi connectivity index (χ0n) is 8.85. The van der Waals surface area contributed by atoms with E-state index in [1.54, 1.807) is 17.6 Å². The molecule has 0 amide bonds. The predicted molar refractivity (Wildman–Crippen MR) is 61.9 cm³/mol. The van der Waals surface area contributed by atoms with E-state index in [4.69, 9.17) is 0 Å². The zero-order chi connectivity index (χ0) is 11.5. The van der Waals surface area contributed by atoms with Gasteiger partial charge in [-0.2, -0.15) is 0 Å². The van der Waals surface area contributed by atoms with Gasteiger partial charge in [-0.15, -0.1) is 11.3 Å². The summed E-state index contributed by atoms with van der Waals surface area (Å²) in [6.07, 6.45) is -0.0680. The first-order chi connectivity index (χ1) is 7.66. The SMILES string of the molecule is Cc1ncsc1C(O)Cc1ccc(F)cc1. The molecule has 0 saturated heterocycles. The van der Waals surface area contributed by atoms with E-state index in [2.05, 4.69) is 4.98 Å². The van der Waals surface area contributed by atoms with Crippen molar-refractivity contribution in [2.45, 2.75) is 19.4 Å². The van der Waals surface area contributed by atoms with Gasteiger partial charge in [-0.3, -0.25) is 0 Å². The monoisotopic (exact) mass is 237 g/mol. The number of halogens is 1. The van der Waals surface area contributed by atoms with Gasteiger partial charge in [0.05, 0.1) is 22.2 Å². The first-order valence-electron chi connectivity index (χ1n) is 4.99. The van der Waals surface area contributed by atoms with Gasteiger partial charge >= 0.3 is 0 Å². The molecule has 1 unspecified atom stereocenters. The van der Waals surface area contributed by atoms with Gasteiger partial charge in [0.1, 0.15) is 5.82 Å². The molecule has 2 rings (SSSR count). The van der Waals surface area contributed by atoms with Crippen LogP contribution in [0, 0.1) is 12.7 Å². The molecule has 0 bridgehead atoms. The molecule has 16 heavy (non-hydrogen) atoms. The molecule has 0 saturated carbocycles. The molecule has 0 aliphatic rings. The summed E-state index contributed by atoms with van der Waals surface area (Å²) in [6.45, 7) is 1.87. The van der Waals surface area contributed by atoms with Crippen molar-refractivity contribution in [3.63, 3.8) is 0 Å². The van der Waals surface area contributed by atoms with E-state index in [1.807, 2.05) is 6.92 Å². The van der Waals surface area contributed by atoms with Crippen LogP contribution in [0.2, 0.25) is 0 Å². The van der Waals surface area contributed by atoms with Crippen LogP contribution in [0.4, 0.5) is 4.39 Å². The van der Waals surface area contributed by atoms with Gasteiger partial charge in [0.25, 0.3) is 0 Å². The standard InChI is InChI=1S/C12H12FNOS/c1-8-12(16-7-14-8)11(15)6-9-2-4-10(13)5-3-9/h2-5,7,11,15H,6H2,1H3. The number of aryl methyl sites for hydroxylation is 1. The number of nitrogens with zero attached hydrogens (tertiary/aromatic N) is 1. The molecule has 1 aromatic heterocycles. The third-order valence-electron chi connectivity index (χ3n) is 2.43. The van der Waals surface area contributed by atoms with Crippen LogP contribution < -0.4 is 0 Å². The lowest BCUT2D eigenvalue weighted by atomic mass is 10.1. The van der Waals surface area contributed by atoms with Crippen LogP contribution in [0.15, 0.2) is 29.8 Å². The zero-order valence-corrected chi connectivity index (χ0v) is 9.67. The summed E-state index contributed by atoms with van der Waals surface area (Å²) in [4.78, 5) is 4.97. The van der Waals surface area contributed by atoms with Gasteiger partial charge in [-0.1, -0.05) is 12.1 Å². The Morgan fingerprint density at radius 3 is 2.62 bits per heavy atom. The first-order valence-corrected chi connectivity index (χ1v) is 5.87. The van der Waals surface area contributed by atoms with Crippen LogP contribution >= 0.6 is 11.3 Å². The maximum atomic E-state index is 12.7. The second kappa shape index (κ2) is 4.72. The van der Waals surface area contributed by atoms with E-state index < -0.39 is 6.10 Å². The van der Waals surface area contributed by atoms with Gasteiger partial charge in [0.15, 0.2) is 0 Å². The lowest BCUT2D eigenvalue weighted by molar-refractivity contribution is 0.181. The van der Waals surface area contributed by atoms with Crippen molar-refractivity contribution in [3.8, 4) is 0 Å². The molecule has 2 aromatic rings. The van der Waals surface area contributed by atoms with Gasteiger partial charge in [0, 0.05) is 6.42 Å². The Morgan fingerprint density at radius 2 is 2.06 bits per heavy atom. The number of hydrogen-bond acceptors (Lipinski definition) is 3. The Balaban J connectivity index is 2.10. The van der Waals surface area contributed by atoms with Crippen LogP contribution in [-0.4, -0.2) is 10.1 Å². The number of aliphatic hydroxyl groups is 1. The normalized spacial score (nSPS) is 12.7. The summed E-state index contributed by atoms with van der Waals surface area (Å²) >= 11 is 1.44. The molecule has 2 nitrogen and oxygen atoms in total. The summed E-state index contributed by atoms with van der Waals surface area (Å²) in [7, 11) is 0. The van der Waals surface area contributed by atoms with Crippen molar-refractivity contribution in [1.29, 1.82) is 0 Å². The van der Waals surface area contributed by atoms with Crippen molar-refractivity contribution < 1.29 is 9.50 Å². The summed E-state index contributed by atoms with van der Waals surface area (Å²) in [5.74, 6) is -0.257. The van der Waals surface area contributed by atoms with Crippen LogP contribution in [0.3, 0.4) is 0 Å². The molecule has 84 valence electrons. The Morgan fingerprint density at radius 1 is 1.38 bits per heavy atom. The smallest absolute Gasteiger partial charge is 0.123 e. The number of thiazole rings is 1. The summed E-state index contributed by atoms with van der Waals surface area (Å²) < 4.78 is 12.7. The quantitative estimate of drug-likeness (QED) is 0.890. The van der Waals surface area contributed by atoms with Gasteiger partial charge in [-0.05, 0) is 24.6 Å². The highest BCUT2D eigenvalue weighted by Crippen LogP contribution is 2.24. The molecule has 0 aliphatic carbocycles. The topological polar surface area (TPSA) is 33.1 Å². The van der Waals surface area contributed by atoms with Crippen molar-refractivity contribution in [3.05, 3.63) is 51.7 Å². The highest BCUT2D eigenvalue weighted by atomic mass is 32.1. The second-order valence-electron chi connectivity index (χ2n) is 3.65. The molecule has 1 N–H and O–H groups in total. The maximum Gasteiger partial charge on any atom is 0.123 e. The van der Waals surface area contributed by atoms with Crippen molar-refractivity contribution in [2.75, 3.05) is 0 Å². The molecular formula is C12H12FNOS. The third kappa shape index (κ3) is 2.46. The molecule has 0 spiro atoms. The second-order valence-corrected chi connectivity index (χ2v) is 4.53. The number of aromatic nitrogens is 1. The van der Waals surface area contributed by atoms with Crippen LogP contribution in [0.25, 0.3) is 0 Å². The molecule has 4 heteroatoms. The van der Waals surface area contributed by atoms with E-state index in [9.17, 15) is 9.50 Å². The lowest BCUT2D eigenvalue weighted by Crippen LogP contribution is -2.01. The minimum absolute atomic E-state index is 0.257. The van der Waals surface area contributed by atoms with E-state index in [1.165, 1.54) is 23.5 Å². The number of benzene rings is 1. The summed E-state index contributed by atoms with van der Waals surface area (Å²) in [5, 5.41) is 9.99. The molecule has 0 aliphatic heterocycles. The Labute approximate surface area is 97.4 Å². The Kier molecular flexibility index (Phi) is 3.31. The highest BCUT2D eigenvalue weighted by Gasteiger charge is 2.13. The molecule has 1 atom stereocenters. The van der Waals surface area contributed by atoms with Crippen LogP contribution in [-0.2, 0) is 6.42 Å². The minimum Gasteiger partial charge on any atom is -0.387 e. The minimum atomic E-state index is -0.557. The fourth-order valence-corrected chi connectivity index (χ4v) is 2.36. The summed E-state index contributed by atoms with van der Waals surface area (Å²) in [6, 6.07) is 6.19. The number of hydrogen-bond donors (Lipinski definition) is 1. The van der Waals surface area contributed by atoms with Gasteiger partial charge in [0.2, 0.25) is 0 Å². The highest BCUT2D eigenvalue weighted by molar-refractivity contribution is 7.09. The largest absolute Gasteiger partial charge is 0.387 e. The third-order valence-corrected chi connectivity index (χ3v) is 3.46. The predicted octanol–water partition coefficient (Wildman–Crippen LogP) is 2.87. The van der Waals surface area contributed by atoms with Crippen molar-refractivity contribution in [1.82, 2.24) is 4.98 Å². The molecule has 0 radical (unpaired) electrons. The van der Waals surface area contributed by atoms with E-state index in [0.29, 0.717) is 6.42 Å². The van der Waals surface area contributed by atoms with Crippen molar-refractivity contribution in [2.24, 2.45) is 0 Å².